The standard InChI is InChI=1S/C8H12O3/c9-5-7-3-1-2-6(7)4-8(10)11/h5-7H,1-4H2,(H,10,11)/t6-,7-/m1/s1. The summed E-state index contributed by atoms with van der Waals surface area (Å²) >= 11 is 0. The predicted octanol–water partition coefficient (Wildman–Crippen LogP) is 1.08. The number of carboxylic acid groups (broad SMARTS) is 1. The lowest BCUT2D eigenvalue weighted by atomic mass is 9.94. The number of carbonyl (C=O) groups excluding carboxylic acids is 1. The van der Waals surface area contributed by atoms with Crippen LogP contribution < -0.4 is 0 Å². The van der Waals surface area contributed by atoms with Crippen LogP contribution in [0.5, 0.6) is 0 Å². The summed E-state index contributed by atoms with van der Waals surface area (Å²) in [6.07, 6.45) is 3.84. The van der Waals surface area contributed by atoms with Crippen molar-refractivity contribution in [2.24, 2.45) is 11.8 Å². The largest absolute Gasteiger partial charge is 0.481 e. The number of hydrogen-bond donors (Lipinski definition) is 1. The van der Waals surface area contributed by atoms with Gasteiger partial charge < -0.3 is 9.90 Å². The Kier molecular flexibility index (Phi) is 2.63. The molecule has 1 rings (SSSR count). The van der Waals surface area contributed by atoms with Crippen LogP contribution in [0.1, 0.15) is 25.7 Å². The fraction of sp³-hybridized carbons (Fsp3) is 0.750. The SMILES string of the molecule is O=C[C@H]1CCC[C@@H]1CC(=O)O. The molecular formula is C8H12O3. The molecule has 0 aromatic heterocycles. The molecule has 1 N–H and O–H groups in total. The van der Waals surface area contributed by atoms with Gasteiger partial charge in [-0.3, -0.25) is 4.79 Å². The Hall–Kier alpha value is -0.860. The van der Waals surface area contributed by atoms with Gasteiger partial charge in [-0.25, -0.2) is 0 Å². The summed E-state index contributed by atoms with van der Waals surface area (Å²) in [5.74, 6) is -0.681. The van der Waals surface area contributed by atoms with Crippen molar-refractivity contribution in [1.82, 2.24) is 0 Å². The maximum atomic E-state index is 10.4. The van der Waals surface area contributed by atoms with Crippen LogP contribution in [-0.2, 0) is 9.59 Å². The molecular weight excluding hydrogens is 144 g/mol. The molecule has 0 aliphatic heterocycles. The van der Waals surface area contributed by atoms with Gasteiger partial charge >= 0.3 is 5.97 Å². The van der Waals surface area contributed by atoms with E-state index in [-0.39, 0.29) is 18.3 Å². The Morgan fingerprint density at radius 3 is 2.82 bits per heavy atom. The van der Waals surface area contributed by atoms with Gasteiger partial charge in [-0.2, -0.15) is 0 Å². The maximum Gasteiger partial charge on any atom is 0.303 e. The highest BCUT2D eigenvalue weighted by molar-refractivity contribution is 5.68. The fourth-order valence-electron chi connectivity index (χ4n) is 1.72. The van der Waals surface area contributed by atoms with Crippen LogP contribution in [-0.4, -0.2) is 17.4 Å². The summed E-state index contributed by atoms with van der Waals surface area (Å²) in [5, 5.41) is 8.47. The van der Waals surface area contributed by atoms with Crippen LogP contribution in [0.2, 0.25) is 0 Å². The number of carbonyl (C=O) groups is 2. The molecule has 0 aromatic carbocycles. The molecule has 0 aromatic rings. The van der Waals surface area contributed by atoms with Gasteiger partial charge in [0.15, 0.2) is 0 Å². The highest BCUT2D eigenvalue weighted by atomic mass is 16.4. The first-order chi connectivity index (χ1) is 5.24. The molecule has 1 fully saturated rings. The van der Waals surface area contributed by atoms with E-state index in [1.807, 2.05) is 0 Å². The van der Waals surface area contributed by atoms with E-state index in [1.54, 1.807) is 0 Å². The van der Waals surface area contributed by atoms with Crippen LogP contribution in [0.15, 0.2) is 0 Å². The van der Waals surface area contributed by atoms with Gasteiger partial charge in [-0.1, -0.05) is 6.42 Å². The molecule has 0 amide bonds. The van der Waals surface area contributed by atoms with E-state index in [0.29, 0.717) is 0 Å². The monoisotopic (exact) mass is 156 g/mol. The zero-order chi connectivity index (χ0) is 8.27. The average molecular weight is 156 g/mol. The van der Waals surface area contributed by atoms with Crippen LogP contribution >= 0.6 is 0 Å². The highest BCUT2D eigenvalue weighted by Crippen LogP contribution is 2.32. The summed E-state index contributed by atoms with van der Waals surface area (Å²) in [5.41, 5.74) is 0. The Bertz CT molecular complexity index is 165. The Labute approximate surface area is 65.4 Å². The summed E-state index contributed by atoms with van der Waals surface area (Å²) in [7, 11) is 0. The Balaban J connectivity index is 2.43. The molecule has 0 saturated heterocycles. The van der Waals surface area contributed by atoms with Crippen molar-refractivity contribution in [1.29, 1.82) is 0 Å². The minimum Gasteiger partial charge on any atom is -0.481 e. The van der Waals surface area contributed by atoms with Gasteiger partial charge in [0.2, 0.25) is 0 Å². The predicted molar refractivity (Wildman–Crippen MR) is 39.1 cm³/mol. The molecule has 62 valence electrons. The number of aldehydes is 1. The van der Waals surface area contributed by atoms with Crippen molar-refractivity contribution in [2.75, 3.05) is 0 Å². The molecule has 0 spiro atoms. The van der Waals surface area contributed by atoms with Gasteiger partial charge in [-0.15, -0.1) is 0 Å². The molecule has 1 aliphatic rings. The second kappa shape index (κ2) is 3.51. The van der Waals surface area contributed by atoms with Crippen molar-refractivity contribution >= 4 is 12.3 Å². The molecule has 3 heteroatoms. The van der Waals surface area contributed by atoms with Crippen LogP contribution in [0.3, 0.4) is 0 Å². The quantitative estimate of drug-likeness (QED) is 0.622. The van der Waals surface area contributed by atoms with Crippen molar-refractivity contribution < 1.29 is 14.7 Å². The third-order valence-corrected chi connectivity index (χ3v) is 2.33. The zero-order valence-corrected chi connectivity index (χ0v) is 6.32. The lowest BCUT2D eigenvalue weighted by Gasteiger charge is -2.09. The lowest BCUT2D eigenvalue weighted by molar-refractivity contribution is -0.138. The van der Waals surface area contributed by atoms with Gasteiger partial charge in [0.05, 0.1) is 0 Å². The van der Waals surface area contributed by atoms with Gasteiger partial charge in [0.25, 0.3) is 0 Å². The second-order valence-electron chi connectivity index (χ2n) is 3.09. The molecule has 11 heavy (non-hydrogen) atoms. The van der Waals surface area contributed by atoms with E-state index in [2.05, 4.69) is 0 Å². The maximum absolute atomic E-state index is 10.4. The third kappa shape index (κ3) is 2.03. The van der Waals surface area contributed by atoms with E-state index in [4.69, 9.17) is 5.11 Å². The summed E-state index contributed by atoms with van der Waals surface area (Å²) in [6.45, 7) is 0. The van der Waals surface area contributed by atoms with Crippen molar-refractivity contribution in [3.05, 3.63) is 0 Å². The van der Waals surface area contributed by atoms with Crippen LogP contribution in [0.25, 0.3) is 0 Å². The van der Waals surface area contributed by atoms with E-state index in [9.17, 15) is 9.59 Å². The number of carboxylic acids is 1. The Morgan fingerprint density at radius 1 is 1.55 bits per heavy atom. The van der Waals surface area contributed by atoms with Gasteiger partial charge in [0.1, 0.15) is 6.29 Å². The highest BCUT2D eigenvalue weighted by Gasteiger charge is 2.28. The molecule has 1 aliphatic carbocycles. The topological polar surface area (TPSA) is 54.4 Å². The van der Waals surface area contributed by atoms with Crippen molar-refractivity contribution in [3.63, 3.8) is 0 Å². The molecule has 0 heterocycles. The van der Waals surface area contributed by atoms with E-state index in [1.165, 1.54) is 0 Å². The zero-order valence-electron chi connectivity index (χ0n) is 6.32. The molecule has 0 bridgehead atoms. The molecule has 2 atom stereocenters. The average Bonchev–Trinajstić information content (AvgIpc) is 2.34. The summed E-state index contributed by atoms with van der Waals surface area (Å²) in [6, 6.07) is 0. The van der Waals surface area contributed by atoms with Gasteiger partial charge in [0, 0.05) is 12.3 Å². The van der Waals surface area contributed by atoms with Crippen LogP contribution in [0, 0.1) is 11.8 Å². The van der Waals surface area contributed by atoms with Gasteiger partial charge in [-0.05, 0) is 18.8 Å². The first-order valence-corrected chi connectivity index (χ1v) is 3.91. The van der Waals surface area contributed by atoms with Crippen molar-refractivity contribution in [2.45, 2.75) is 25.7 Å². The van der Waals surface area contributed by atoms with Crippen molar-refractivity contribution in [3.8, 4) is 0 Å². The number of hydrogen-bond acceptors (Lipinski definition) is 2. The molecule has 3 nitrogen and oxygen atoms in total. The Morgan fingerprint density at radius 2 is 2.27 bits per heavy atom. The number of aliphatic carboxylic acids is 1. The molecule has 0 radical (unpaired) electrons. The first-order valence-electron chi connectivity index (χ1n) is 3.91. The molecule has 1 saturated carbocycles. The van der Waals surface area contributed by atoms with E-state index in [0.717, 1.165) is 25.5 Å². The fourth-order valence-corrected chi connectivity index (χ4v) is 1.72. The third-order valence-electron chi connectivity index (χ3n) is 2.33. The number of rotatable bonds is 3. The summed E-state index contributed by atoms with van der Waals surface area (Å²) < 4.78 is 0. The lowest BCUT2D eigenvalue weighted by Crippen LogP contribution is -2.13. The smallest absolute Gasteiger partial charge is 0.303 e. The van der Waals surface area contributed by atoms with E-state index >= 15 is 0 Å². The van der Waals surface area contributed by atoms with Crippen LogP contribution in [0.4, 0.5) is 0 Å². The minimum absolute atomic E-state index is 0.00565. The summed E-state index contributed by atoms with van der Waals surface area (Å²) in [4.78, 5) is 20.7. The normalized spacial score (nSPS) is 30.2. The molecule has 0 unspecified atom stereocenters. The first kappa shape index (κ1) is 8.24. The second-order valence-corrected chi connectivity index (χ2v) is 3.09. The van der Waals surface area contributed by atoms with E-state index < -0.39 is 5.97 Å². The minimum atomic E-state index is -0.788.